The third-order valence-corrected chi connectivity index (χ3v) is 5.83. The Kier molecular flexibility index (Phi) is 9.01. The zero-order chi connectivity index (χ0) is 28.5. The summed E-state index contributed by atoms with van der Waals surface area (Å²) in [5, 5.41) is 9.26. The van der Waals surface area contributed by atoms with Crippen LogP contribution in [0, 0.1) is 6.92 Å². The lowest BCUT2D eigenvalue weighted by Crippen LogP contribution is -2.33. The van der Waals surface area contributed by atoms with E-state index >= 15 is 0 Å². The Hall–Kier alpha value is -5.28. The highest BCUT2D eigenvalue weighted by molar-refractivity contribution is 6.40. The summed E-state index contributed by atoms with van der Waals surface area (Å²) in [6, 6.07) is 26.4. The number of halogens is 1. The van der Waals surface area contributed by atoms with Crippen LogP contribution in [0.1, 0.15) is 31.8 Å². The molecular weight excluding hydrogens is 532 g/mol. The molecule has 200 valence electrons. The molecule has 0 atom stereocenters. The van der Waals surface area contributed by atoms with Crippen LogP contribution in [-0.2, 0) is 9.59 Å². The summed E-state index contributed by atoms with van der Waals surface area (Å²) in [7, 11) is 0. The maximum Gasteiger partial charge on any atom is 0.345 e. The number of carbonyl (C=O) groups is 4. The minimum Gasteiger partial charge on any atom is -0.423 e. The molecule has 10 heteroatoms. The van der Waals surface area contributed by atoms with Gasteiger partial charge < -0.3 is 15.4 Å². The number of anilines is 2. The number of esters is 1. The largest absolute Gasteiger partial charge is 0.423 e. The maximum absolute atomic E-state index is 12.8. The molecule has 0 heterocycles. The van der Waals surface area contributed by atoms with Gasteiger partial charge >= 0.3 is 17.8 Å². The van der Waals surface area contributed by atoms with Crippen molar-refractivity contribution in [1.82, 2.24) is 5.43 Å². The van der Waals surface area contributed by atoms with E-state index in [4.69, 9.17) is 16.3 Å². The molecular formula is C30H23ClN4O5. The minimum absolute atomic E-state index is 0.165. The molecule has 9 nitrogen and oxygen atoms in total. The number of amides is 3. The quantitative estimate of drug-likeness (QED) is 0.0950. The summed E-state index contributed by atoms with van der Waals surface area (Å²) in [4.78, 5) is 49.7. The Morgan fingerprint density at radius 3 is 2.10 bits per heavy atom. The Morgan fingerprint density at radius 1 is 0.750 bits per heavy atom. The minimum atomic E-state index is -1.03. The van der Waals surface area contributed by atoms with Gasteiger partial charge in [-0.15, -0.1) is 0 Å². The molecule has 0 spiro atoms. The lowest BCUT2D eigenvalue weighted by Gasteiger charge is -2.11. The number of hydrazone groups is 1. The van der Waals surface area contributed by atoms with Crippen LogP contribution in [-0.4, -0.2) is 29.9 Å². The van der Waals surface area contributed by atoms with Crippen molar-refractivity contribution in [2.24, 2.45) is 5.10 Å². The van der Waals surface area contributed by atoms with E-state index in [0.717, 1.165) is 5.56 Å². The van der Waals surface area contributed by atoms with Crippen LogP contribution in [0.25, 0.3) is 0 Å². The van der Waals surface area contributed by atoms with Crippen molar-refractivity contribution in [1.29, 1.82) is 0 Å². The van der Waals surface area contributed by atoms with Crippen molar-refractivity contribution in [2.75, 3.05) is 10.6 Å². The van der Waals surface area contributed by atoms with Crippen molar-refractivity contribution in [2.45, 2.75) is 6.92 Å². The molecule has 0 saturated carbocycles. The molecule has 0 radical (unpaired) electrons. The van der Waals surface area contributed by atoms with Crippen molar-refractivity contribution >= 4 is 52.9 Å². The molecule has 4 aromatic rings. The zero-order valence-corrected chi connectivity index (χ0v) is 21.9. The molecule has 0 aliphatic carbocycles. The zero-order valence-electron chi connectivity index (χ0n) is 21.2. The Balaban J connectivity index is 1.31. The summed E-state index contributed by atoms with van der Waals surface area (Å²) in [5.41, 5.74) is 4.93. The van der Waals surface area contributed by atoms with E-state index in [1.165, 1.54) is 18.3 Å². The first-order valence-electron chi connectivity index (χ1n) is 12.0. The van der Waals surface area contributed by atoms with Crippen molar-refractivity contribution in [3.05, 3.63) is 124 Å². The van der Waals surface area contributed by atoms with Crippen LogP contribution >= 0.6 is 11.6 Å². The molecule has 0 unspecified atom stereocenters. The van der Waals surface area contributed by atoms with Crippen LogP contribution in [0.2, 0.25) is 5.02 Å². The molecule has 4 aromatic carbocycles. The molecule has 4 rings (SSSR count). The van der Waals surface area contributed by atoms with Crippen molar-refractivity contribution in [3.63, 3.8) is 0 Å². The summed E-state index contributed by atoms with van der Waals surface area (Å²) < 4.78 is 5.31. The van der Waals surface area contributed by atoms with Crippen molar-refractivity contribution in [3.8, 4) is 5.75 Å². The van der Waals surface area contributed by atoms with Gasteiger partial charge in [0.05, 0.1) is 28.1 Å². The van der Waals surface area contributed by atoms with Gasteiger partial charge in [-0.25, -0.2) is 10.2 Å². The summed E-state index contributed by atoms with van der Waals surface area (Å²) in [6.07, 6.45) is 1.31. The number of para-hydroxylation sites is 1. The van der Waals surface area contributed by atoms with Gasteiger partial charge in [-0.05, 0) is 73.2 Å². The molecule has 40 heavy (non-hydrogen) atoms. The maximum atomic E-state index is 12.8. The fourth-order valence-corrected chi connectivity index (χ4v) is 3.64. The standard InChI is InChI=1S/C30H23ClN4O5/c1-19-10-14-21(15-11-19)33-27(36)24-7-3-5-9-26(24)34-28(37)29(38)35-32-18-20-12-16-22(17-13-20)40-30(39)23-6-2-4-8-25(23)31/h2-18H,1H3,(H,33,36)(H,34,37)(H,35,38)/b32-18+. The van der Waals surface area contributed by atoms with Crippen LogP contribution in [0.3, 0.4) is 0 Å². The second-order valence-electron chi connectivity index (χ2n) is 8.46. The van der Waals surface area contributed by atoms with E-state index in [9.17, 15) is 19.2 Å². The van der Waals surface area contributed by atoms with Crippen molar-refractivity contribution < 1.29 is 23.9 Å². The summed E-state index contributed by atoms with van der Waals surface area (Å²) in [5.74, 6) is -2.79. The Bertz CT molecular complexity index is 1580. The fourth-order valence-electron chi connectivity index (χ4n) is 3.43. The van der Waals surface area contributed by atoms with E-state index in [1.807, 2.05) is 19.1 Å². The van der Waals surface area contributed by atoms with Gasteiger partial charge in [0, 0.05) is 5.69 Å². The molecule has 0 fully saturated rings. The molecule has 0 aromatic heterocycles. The van der Waals surface area contributed by atoms with Gasteiger partial charge in [0.25, 0.3) is 5.91 Å². The number of nitrogens with zero attached hydrogens (tertiary/aromatic N) is 1. The highest BCUT2D eigenvalue weighted by Gasteiger charge is 2.18. The number of benzene rings is 4. The lowest BCUT2D eigenvalue weighted by atomic mass is 10.1. The normalized spacial score (nSPS) is 10.6. The van der Waals surface area contributed by atoms with E-state index in [2.05, 4.69) is 21.2 Å². The van der Waals surface area contributed by atoms with Gasteiger partial charge in [-0.3, -0.25) is 14.4 Å². The fraction of sp³-hybridized carbons (Fsp3) is 0.0333. The highest BCUT2D eigenvalue weighted by Crippen LogP contribution is 2.20. The molecule has 0 aliphatic rings. The second-order valence-corrected chi connectivity index (χ2v) is 8.86. The van der Waals surface area contributed by atoms with E-state index in [-0.39, 0.29) is 27.6 Å². The first-order chi connectivity index (χ1) is 19.3. The van der Waals surface area contributed by atoms with Gasteiger partial charge in [-0.2, -0.15) is 5.10 Å². The average Bonchev–Trinajstić information content (AvgIpc) is 2.95. The van der Waals surface area contributed by atoms with Gasteiger partial charge in [0.2, 0.25) is 0 Å². The van der Waals surface area contributed by atoms with Crippen LogP contribution in [0.4, 0.5) is 11.4 Å². The first kappa shape index (κ1) is 27.7. The lowest BCUT2D eigenvalue weighted by molar-refractivity contribution is -0.136. The average molecular weight is 555 g/mol. The highest BCUT2D eigenvalue weighted by atomic mass is 35.5. The predicted molar refractivity (Wildman–Crippen MR) is 153 cm³/mol. The molecule has 0 bridgehead atoms. The van der Waals surface area contributed by atoms with Crippen LogP contribution in [0.5, 0.6) is 5.75 Å². The number of aryl methyl sites for hydroxylation is 1. The second kappa shape index (κ2) is 13.0. The molecule has 3 amide bonds. The van der Waals surface area contributed by atoms with Gasteiger partial charge in [0.15, 0.2) is 0 Å². The van der Waals surface area contributed by atoms with Crippen LogP contribution in [0.15, 0.2) is 102 Å². The Labute approximate surface area is 234 Å². The predicted octanol–water partition coefficient (Wildman–Crippen LogP) is 5.21. The number of hydrogen-bond donors (Lipinski definition) is 3. The number of ether oxygens (including phenoxy) is 1. The summed E-state index contributed by atoms with van der Waals surface area (Å²) >= 11 is 6.02. The third-order valence-electron chi connectivity index (χ3n) is 5.50. The van der Waals surface area contributed by atoms with E-state index in [0.29, 0.717) is 11.3 Å². The Morgan fingerprint density at radius 2 is 1.40 bits per heavy atom. The van der Waals surface area contributed by atoms with Gasteiger partial charge in [-0.1, -0.05) is 53.6 Å². The number of hydrogen-bond acceptors (Lipinski definition) is 6. The SMILES string of the molecule is Cc1ccc(NC(=O)c2ccccc2NC(=O)C(=O)N/N=C/c2ccc(OC(=O)c3ccccc3Cl)cc2)cc1. The summed E-state index contributed by atoms with van der Waals surface area (Å²) in [6.45, 7) is 1.94. The van der Waals surface area contributed by atoms with Crippen LogP contribution < -0.4 is 20.8 Å². The van der Waals surface area contributed by atoms with E-state index < -0.39 is 23.7 Å². The van der Waals surface area contributed by atoms with Gasteiger partial charge in [0.1, 0.15) is 5.75 Å². The molecule has 0 saturated heterocycles. The van der Waals surface area contributed by atoms with E-state index in [1.54, 1.807) is 72.8 Å². The topological polar surface area (TPSA) is 126 Å². The molecule has 3 N–H and O–H groups in total. The monoisotopic (exact) mass is 554 g/mol. The third kappa shape index (κ3) is 7.40. The first-order valence-corrected chi connectivity index (χ1v) is 12.4. The number of rotatable bonds is 7. The number of carbonyl (C=O) groups excluding carboxylic acids is 4. The molecule has 0 aliphatic heterocycles. The smallest absolute Gasteiger partial charge is 0.345 e. The number of nitrogens with one attached hydrogen (secondary N) is 3.